The van der Waals surface area contributed by atoms with Crippen LogP contribution in [0.2, 0.25) is 0 Å². The van der Waals surface area contributed by atoms with Crippen molar-refractivity contribution in [1.29, 1.82) is 0 Å². The molecule has 1 aromatic rings. The van der Waals surface area contributed by atoms with Gasteiger partial charge in [0.1, 0.15) is 6.17 Å². The first-order valence-corrected chi connectivity index (χ1v) is 9.48. The fourth-order valence-electron chi connectivity index (χ4n) is 3.38. The van der Waals surface area contributed by atoms with Crippen molar-refractivity contribution in [1.82, 2.24) is 20.5 Å². The molecular weight excluding hydrogens is 327 g/mol. The van der Waals surface area contributed by atoms with Crippen LogP contribution in [0.25, 0.3) is 0 Å². The normalized spacial score (nSPS) is 27.3. The number of carbonyl (C=O) groups excluding carboxylic acids is 1. The number of aryl methyl sites for hydroxylation is 1. The van der Waals surface area contributed by atoms with E-state index in [1.54, 1.807) is 11.3 Å². The summed E-state index contributed by atoms with van der Waals surface area (Å²) < 4.78 is 13.8. The molecule has 3 atom stereocenters. The zero-order chi connectivity index (χ0) is 16.9. The highest BCUT2D eigenvalue weighted by molar-refractivity contribution is 7.09. The summed E-state index contributed by atoms with van der Waals surface area (Å²) in [4.78, 5) is 18.6. The molecule has 0 spiro atoms. The van der Waals surface area contributed by atoms with E-state index in [1.165, 1.54) is 0 Å². The molecule has 2 aliphatic rings. The highest BCUT2D eigenvalue weighted by Crippen LogP contribution is 2.23. The lowest BCUT2D eigenvalue weighted by Gasteiger charge is -2.24. The van der Waals surface area contributed by atoms with Gasteiger partial charge in [-0.2, -0.15) is 0 Å². The smallest absolute Gasteiger partial charge is 0.315 e. The number of nitrogens with zero attached hydrogens (tertiary/aromatic N) is 2. The molecule has 0 radical (unpaired) electrons. The van der Waals surface area contributed by atoms with Crippen molar-refractivity contribution in [3.8, 4) is 0 Å². The highest BCUT2D eigenvalue weighted by atomic mass is 32.1. The van der Waals surface area contributed by atoms with E-state index in [0.717, 1.165) is 30.0 Å². The molecule has 2 heterocycles. The van der Waals surface area contributed by atoms with Crippen LogP contribution in [-0.2, 0) is 6.54 Å². The number of urea groups is 1. The Morgan fingerprint density at radius 3 is 3.12 bits per heavy atom. The molecule has 0 bridgehead atoms. The van der Waals surface area contributed by atoms with Gasteiger partial charge in [-0.3, -0.25) is 4.90 Å². The second-order valence-electron chi connectivity index (χ2n) is 6.59. The van der Waals surface area contributed by atoms with Crippen LogP contribution < -0.4 is 10.6 Å². The topological polar surface area (TPSA) is 57.3 Å². The summed E-state index contributed by atoms with van der Waals surface area (Å²) in [6.07, 6.45) is 6.96. The Morgan fingerprint density at radius 1 is 1.54 bits per heavy atom. The minimum absolute atomic E-state index is 0.0228. The van der Waals surface area contributed by atoms with E-state index >= 15 is 0 Å². The number of carbonyl (C=O) groups is 1. The van der Waals surface area contributed by atoms with Crippen LogP contribution in [-0.4, -0.2) is 47.3 Å². The van der Waals surface area contributed by atoms with Crippen molar-refractivity contribution in [2.45, 2.75) is 57.4 Å². The van der Waals surface area contributed by atoms with E-state index < -0.39 is 6.17 Å². The lowest BCUT2D eigenvalue weighted by Crippen LogP contribution is -2.46. The standard InChI is InChI=1S/C17H25FN4OS/c1-12-20-15(11-24-12)10-22-9-13(18)7-16(22)8-19-17(23)21-14-5-3-2-4-6-14/h3,5,11,13-14,16H,2,4,6-10H2,1H3,(H2,19,21,23)/t13-,14-,16-/m0/s1. The molecule has 1 fully saturated rings. The summed E-state index contributed by atoms with van der Waals surface area (Å²) in [5, 5.41) is 8.91. The number of aromatic nitrogens is 1. The molecule has 1 aliphatic heterocycles. The fourth-order valence-corrected chi connectivity index (χ4v) is 3.98. The largest absolute Gasteiger partial charge is 0.337 e. The van der Waals surface area contributed by atoms with Crippen LogP contribution >= 0.6 is 11.3 Å². The summed E-state index contributed by atoms with van der Waals surface area (Å²) >= 11 is 1.61. The average Bonchev–Trinajstić information content (AvgIpc) is 3.12. The van der Waals surface area contributed by atoms with Gasteiger partial charge in [0.05, 0.1) is 10.7 Å². The van der Waals surface area contributed by atoms with Gasteiger partial charge in [0.15, 0.2) is 0 Å². The number of allylic oxidation sites excluding steroid dienone is 1. The molecule has 24 heavy (non-hydrogen) atoms. The molecule has 2 N–H and O–H groups in total. The van der Waals surface area contributed by atoms with Crippen molar-refractivity contribution >= 4 is 17.4 Å². The number of halogens is 1. The van der Waals surface area contributed by atoms with Crippen LogP contribution in [0.15, 0.2) is 17.5 Å². The van der Waals surface area contributed by atoms with Gasteiger partial charge < -0.3 is 10.6 Å². The number of nitrogens with one attached hydrogen (secondary N) is 2. The van der Waals surface area contributed by atoms with E-state index in [1.807, 2.05) is 18.4 Å². The third-order valence-corrected chi connectivity index (χ3v) is 5.40. The van der Waals surface area contributed by atoms with Crippen LogP contribution in [0.3, 0.4) is 0 Å². The summed E-state index contributed by atoms with van der Waals surface area (Å²) in [6, 6.07) is -0.0294. The Morgan fingerprint density at radius 2 is 2.42 bits per heavy atom. The van der Waals surface area contributed by atoms with E-state index in [-0.39, 0.29) is 18.1 Å². The molecule has 0 aromatic carbocycles. The van der Waals surface area contributed by atoms with Crippen molar-refractivity contribution in [3.63, 3.8) is 0 Å². The number of hydrogen-bond donors (Lipinski definition) is 2. The SMILES string of the molecule is Cc1nc(CN2C[C@@H](F)C[C@H]2CNC(=O)N[C@H]2C=CCCC2)cs1. The van der Waals surface area contributed by atoms with E-state index in [2.05, 4.69) is 26.6 Å². The highest BCUT2D eigenvalue weighted by Gasteiger charge is 2.32. The molecule has 1 aliphatic carbocycles. The van der Waals surface area contributed by atoms with Crippen LogP contribution in [0.5, 0.6) is 0 Å². The fraction of sp³-hybridized carbons (Fsp3) is 0.647. The molecule has 1 aromatic heterocycles. The molecule has 0 unspecified atom stereocenters. The molecule has 3 rings (SSSR count). The minimum Gasteiger partial charge on any atom is -0.337 e. The lowest BCUT2D eigenvalue weighted by molar-refractivity contribution is 0.216. The maximum absolute atomic E-state index is 13.8. The maximum Gasteiger partial charge on any atom is 0.315 e. The van der Waals surface area contributed by atoms with Gasteiger partial charge in [0.25, 0.3) is 0 Å². The second kappa shape index (κ2) is 8.07. The zero-order valence-electron chi connectivity index (χ0n) is 14.0. The molecule has 132 valence electrons. The maximum atomic E-state index is 13.8. The van der Waals surface area contributed by atoms with Gasteiger partial charge >= 0.3 is 6.03 Å². The first-order chi connectivity index (χ1) is 11.6. The Labute approximate surface area is 146 Å². The Bertz CT molecular complexity index is 591. The summed E-state index contributed by atoms with van der Waals surface area (Å²) in [5.74, 6) is 0. The minimum atomic E-state index is -0.833. The van der Waals surface area contributed by atoms with Gasteiger partial charge in [-0.25, -0.2) is 14.2 Å². The third kappa shape index (κ3) is 4.77. The van der Waals surface area contributed by atoms with Crippen molar-refractivity contribution in [3.05, 3.63) is 28.2 Å². The predicted octanol–water partition coefficient (Wildman–Crippen LogP) is 2.77. The van der Waals surface area contributed by atoms with Gasteiger partial charge in [-0.05, 0) is 32.6 Å². The Balaban J connectivity index is 1.48. The first kappa shape index (κ1) is 17.4. The van der Waals surface area contributed by atoms with Gasteiger partial charge in [0, 0.05) is 37.1 Å². The summed E-state index contributed by atoms with van der Waals surface area (Å²) in [6.45, 7) is 3.49. The van der Waals surface area contributed by atoms with Gasteiger partial charge in [-0.1, -0.05) is 12.2 Å². The molecule has 1 saturated heterocycles. The lowest BCUT2D eigenvalue weighted by atomic mass is 10.0. The Hall–Kier alpha value is -1.47. The monoisotopic (exact) mass is 352 g/mol. The number of hydrogen-bond acceptors (Lipinski definition) is 4. The second-order valence-corrected chi connectivity index (χ2v) is 7.66. The quantitative estimate of drug-likeness (QED) is 0.801. The number of amides is 2. The molecular formula is C17H25FN4OS. The summed E-state index contributed by atoms with van der Waals surface area (Å²) in [7, 11) is 0. The number of alkyl halides is 1. The van der Waals surface area contributed by atoms with E-state index in [9.17, 15) is 9.18 Å². The third-order valence-electron chi connectivity index (χ3n) is 4.58. The molecule has 0 saturated carbocycles. The van der Waals surface area contributed by atoms with E-state index in [0.29, 0.717) is 26.1 Å². The van der Waals surface area contributed by atoms with Crippen molar-refractivity contribution in [2.24, 2.45) is 0 Å². The van der Waals surface area contributed by atoms with Crippen LogP contribution in [0.4, 0.5) is 9.18 Å². The number of likely N-dealkylation sites (tertiary alicyclic amines) is 1. The van der Waals surface area contributed by atoms with Crippen LogP contribution in [0.1, 0.15) is 36.4 Å². The first-order valence-electron chi connectivity index (χ1n) is 8.60. The van der Waals surface area contributed by atoms with E-state index in [4.69, 9.17) is 0 Å². The molecule has 5 nitrogen and oxygen atoms in total. The van der Waals surface area contributed by atoms with Crippen LogP contribution in [0, 0.1) is 6.92 Å². The van der Waals surface area contributed by atoms with Gasteiger partial charge in [-0.15, -0.1) is 11.3 Å². The number of rotatable bonds is 5. The molecule has 2 amide bonds. The summed E-state index contributed by atoms with van der Waals surface area (Å²) in [5.41, 5.74) is 0.980. The Kier molecular flexibility index (Phi) is 5.84. The predicted molar refractivity (Wildman–Crippen MR) is 93.9 cm³/mol. The van der Waals surface area contributed by atoms with Gasteiger partial charge in [0.2, 0.25) is 0 Å². The van der Waals surface area contributed by atoms with Crippen molar-refractivity contribution in [2.75, 3.05) is 13.1 Å². The number of thiazole rings is 1. The average molecular weight is 352 g/mol. The zero-order valence-corrected chi connectivity index (χ0v) is 14.8. The molecule has 7 heteroatoms. The van der Waals surface area contributed by atoms with Crippen molar-refractivity contribution < 1.29 is 9.18 Å².